The Labute approximate surface area is 130 Å². The van der Waals surface area contributed by atoms with Crippen molar-refractivity contribution in [3.63, 3.8) is 0 Å². The van der Waals surface area contributed by atoms with E-state index in [9.17, 15) is 4.79 Å². The van der Waals surface area contributed by atoms with E-state index in [-0.39, 0.29) is 5.97 Å². The van der Waals surface area contributed by atoms with E-state index in [4.69, 9.17) is 4.74 Å². The van der Waals surface area contributed by atoms with Crippen molar-refractivity contribution < 1.29 is 9.53 Å². The lowest BCUT2D eigenvalue weighted by molar-refractivity contribution is -0.138. The van der Waals surface area contributed by atoms with Crippen molar-refractivity contribution in [3.8, 4) is 0 Å². The summed E-state index contributed by atoms with van der Waals surface area (Å²) in [5.41, 5.74) is 1.47. The molecule has 0 radical (unpaired) electrons. The van der Waals surface area contributed by atoms with Gasteiger partial charge in [-0.2, -0.15) is 0 Å². The number of allylic oxidation sites excluding steroid dienone is 1. The van der Waals surface area contributed by atoms with E-state index >= 15 is 0 Å². The highest BCUT2D eigenvalue weighted by atomic mass is 33.1. The number of rotatable bonds is 10. The van der Waals surface area contributed by atoms with E-state index in [1.165, 1.54) is 31.4 Å². The molecule has 1 unspecified atom stereocenters. The average molecular weight is 316 g/mol. The van der Waals surface area contributed by atoms with E-state index in [1.807, 2.05) is 21.6 Å². The first-order chi connectivity index (χ1) is 9.59. The first-order valence-corrected chi connectivity index (χ1v) is 9.50. The standard InChI is InChI=1S/C15H25NO2S2/c1-12(2)15(17)18-10-9-16-13(3)6-4-5-7-14-8-11-19-20-14/h14,16H,1,3-11H2,2H3. The summed E-state index contributed by atoms with van der Waals surface area (Å²) >= 11 is 0. The van der Waals surface area contributed by atoms with Gasteiger partial charge in [-0.3, -0.25) is 0 Å². The summed E-state index contributed by atoms with van der Waals surface area (Å²) in [4.78, 5) is 11.1. The molecule has 114 valence electrons. The van der Waals surface area contributed by atoms with Gasteiger partial charge in [-0.05, 0) is 32.6 Å². The number of esters is 1. The number of carbonyl (C=O) groups excluding carboxylic acids is 1. The van der Waals surface area contributed by atoms with Crippen LogP contribution in [0.4, 0.5) is 0 Å². The highest BCUT2D eigenvalue weighted by Gasteiger charge is 2.15. The van der Waals surface area contributed by atoms with Gasteiger partial charge in [-0.1, -0.05) is 41.2 Å². The zero-order chi connectivity index (χ0) is 14.8. The maximum Gasteiger partial charge on any atom is 0.333 e. The van der Waals surface area contributed by atoms with E-state index in [1.54, 1.807) is 6.92 Å². The Morgan fingerprint density at radius 2 is 2.20 bits per heavy atom. The van der Waals surface area contributed by atoms with Crippen molar-refractivity contribution in [1.29, 1.82) is 0 Å². The summed E-state index contributed by atoms with van der Waals surface area (Å²) in [6.45, 7) is 10.2. The third-order valence-corrected chi connectivity index (χ3v) is 6.05. The van der Waals surface area contributed by atoms with Gasteiger partial charge in [-0.15, -0.1) is 0 Å². The van der Waals surface area contributed by atoms with Crippen LogP contribution in [0.15, 0.2) is 24.4 Å². The summed E-state index contributed by atoms with van der Waals surface area (Å²) in [5, 5.41) is 4.06. The van der Waals surface area contributed by atoms with Gasteiger partial charge in [0.05, 0.1) is 0 Å². The molecule has 1 rings (SSSR count). The van der Waals surface area contributed by atoms with Crippen LogP contribution in [0, 0.1) is 0 Å². The molecule has 1 atom stereocenters. The fourth-order valence-corrected chi connectivity index (χ4v) is 4.89. The van der Waals surface area contributed by atoms with E-state index in [0.29, 0.717) is 18.7 Å². The lowest BCUT2D eigenvalue weighted by Crippen LogP contribution is -2.20. The second kappa shape index (κ2) is 10.2. The molecule has 0 saturated carbocycles. The van der Waals surface area contributed by atoms with Gasteiger partial charge in [0.25, 0.3) is 0 Å². The molecule has 5 heteroatoms. The molecule has 1 heterocycles. The van der Waals surface area contributed by atoms with Gasteiger partial charge in [0.1, 0.15) is 6.61 Å². The Morgan fingerprint density at radius 3 is 2.85 bits per heavy atom. The topological polar surface area (TPSA) is 38.3 Å². The Morgan fingerprint density at radius 1 is 1.40 bits per heavy atom. The Hall–Kier alpha value is -0.550. The van der Waals surface area contributed by atoms with Crippen molar-refractivity contribution in [2.75, 3.05) is 18.9 Å². The van der Waals surface area contributed by atoms with E-state index in [0.717, 1.165) is 17.4 Å². The molecule has 1 N–H and O–H groups in total. The van der Waals surface area contributed by atoms with Crippen LogP contribution < -0.4 is 5.32 Å². The van der Waals surface area contributed by atoms with Gasteiger partial charge in [0, 0.05) is 28.8 Å². The second-order valence-electron chi connectivity index (χ2n) is 5.02. The summed E-state index contributed by atoms with van der Waals surface area (Å²) in [6.07, 6.45) is 6.13. The first-order valence-electron chi connectivity index (χ1n) is 7.12. The summed E-state index contributed by atoms with van der Waals surface area (Å²) < 4.78 is 5.00. The molecule has 3 nitrogen and oxygen atoms in total. The molecule has 0 aromatic carbocycles. The second-order valence-corrected chi connectivity index (χ2v) is 7.81. The zero-order valence-corrected chi connectivity index (χ0v) is 13.9. The smallest absolute Gasteiger partial charge is 0.333 e. The van der Waals surface area contributed by atoms with Crippen LogP contribution in [-0.2, 0) is 9.53 Å². The predicted molar refractivity (Wildman–Crippen MR) is 89.8 cm³/mol. The molecule has 0 amide bonds. The summed E-state index contributed by atoms with van der Waals surface area (Å²) in [6, 6.07) is 0. The van der Waals surface area contributed by atoms with E-state index in [2.05, 4.69) is 18.5 Å². The maximum absolute atomic E-state index is 11.1. The van der Waals surface area contributed by atoms with Crippen LogP contribution in [0.5, 0.6) is 0 Å². The van der Waals surface area contributed by atoms with Crippen molar-refractivity contribution in [2.24, 2.45) is 0 Å². The Bertz CT molecular complexity index is 339. The normalized spacial score (nSPS) is 17.8. The first kappa shape index (κ1) is 17.5. The van der Waals surface area contributed by atoms with Crippen LogP contribution in [0.2, 0.25) is 0 Å². The van der Waals surface area contributed by atoms with Gasteiger partial charge in [0.2, 0.25) is 0 Å². The molecule has 0 bridgehead atoms. The van der Waals surface area contributed by atoms with Crippen molar-refractivity contribution in [1.82, 2.24) is 5.32 Å². The largest absolute Gasteiger partial charge is 0.460 e. The lowest BCUT2D eigenvalue weighted by atomic mass is 10.1. The number of carbonyl (C=O) groups is 1. The molecule has 1 saturated heterocycles. The van der Waals surface area contributed by atoms with Crippen LogP contribution >= 0.6 is 21.6 Å². The predicted octanol–water partition coefficient (Wildman–Crippen LogP) is 3.92. The number of unbranched alkanes of at least 4 members (excludes halogenated alkanes) is 1. The minimum Gasteiger partial charge on any atom is -0.460 e. The molecule has 0 aromatic rings. The zero-order valence-electron chi connectivity index (χ0n) is 12.3. The molecule has 20 heavy (non-hydrogen) atoms. The summed E-state index contributed by atoms with van der Waals surface area (Å²) in [7, 11) is 4.05. The van der Waals surface area contributed by atoms with Crippen molar-refractivity contribution in [3.05, 3.63) is 24.4 Å². The quantitative estimate of drug-likeness (QED) is 0.286. The van der Waals surface area contributed by atoms with Crippen LogP contribution in [0.1, 0.15) is 39.0 Å². The van der Waals surface area contributed by atoms with Crippen molar-refractivity contribution in [2.45, 2.75) is 44.3 Å². The fourth-order valence-electron chi connectivity index (χ4n) is 1.86. The molecule has 1 fully saturated rings. The monoisotopic (exact) mass is 315 g/mol. The van der Waals surface area contributed by atoms with Gasteiger partial charge in [-0.25, -0.2) is 4.79 Å². The number of nitrogens with one attached hydrogen (secondary N) is 1. The van der Waals surface area contributed by atoms with Crippen molar-refractivity contribution >= 4 is 27.6 Å². The van der Waals surface area contributed by atoms with Gasteiger partial charge >= 0.3 is 5.97 Å². The van der Waals surface area contributed by atoms with Crippen LogP contribution in [-0.4, -0.2) is 30.1 Å². The molecular formula is C15H25NO2S2. The highest BCUT2D eigenvalue weighted by molar-refractivity contribution is 8.77. The number of hydrogen-bond donors (Lipinski definition) is 1. The van der Waals surface area contributed by atoms with E-state index < -0.39 is 0 Å². The molecule has 0 aromatic heterocycles. The average Bonchev–Trinajstić information content (AvgIpc) is 2.92. The summed E-state index contributed by atoms with van der Waals surface area (Å²) in [5.74, 6) is 0.983. The SMILES string of the molecule is C=C(CCCCC1CCSS1)NCCOC(=O)C(=C)C. The van der Waals surface area contributed by atoms with Crippen LogP contribution in [0.3, 0.4) is 0 Å². The molecule has 0 spiro atoms. The number of ether oxygens (including phenoxy) is 1. The minimum atomic E-state index is -0.329. The third-order valence-electron chi connectivity index (χ3n) is 3.04. The maximum atomic E-state index is 11.1. The molecule has 1 aliphatic heterocycles. The molecular weight excluding hydrogens is 290 g/mol. The Balaban J connectivity index is 1.92. The van der Waals surface area contributed by atoms with Gasteiger partial charge in [0.15, 0.2) is 0 Å². The minimum absolute atomic E-state index is 0.329. The highest BCUT2D eigenvalue weighted by Crippen LogP contribution is 2.39. The molecule has 0 aliphatic carbocycles. The molecule has 1 aliphatic rings. The Kier molecular flexibility index (Phi) is 8.94. The number of hydrogen-bond acceptors (Lipinski definition) is 5. The fraction of sp³-hybridized carbons (Fsp3) is 0.667. The lowest BCUT2D eigenvalue weighted by Gasteiger charge is -2.11. The van der Waals surface area contributed by atoms with Gasteiger partial charge < -0.3 is 10.1 Å². The third kappa shape index (κ3) is 7.90. The van der Waals surface area contributed by atoms with Crippen LogP contribution in [0.25, 0.3) is 0 Å².